The van der Waals surface area contributed by atoms with E-state index in [2.05, 4.69) is 68.6 Å². The molecule has 0 radical (unpaired) electrons. The minimum atomic E-state index is -0.793. The van der Waals surface area contributed by atoms with Crippen LogP contribution in [0.15, 0.2) is 60.8 Å². The Balaban J connectivity index is 4.58. The van der Waals surface area contributed by atoms with Crippen LogP contribution < -0.4 is 5.32 Å². The highest BCUT2D eigenvalue weighted by atomic mass is 16.5. The largest absolute Gasteiger partial charge is 0.462 e. The minimum Gasteiger partial charge on any atom is -0.462 e. The number of amides is 1. The number of aliphatic hydroxyl groups is 2. The number of allylic oxidation sites excluding steroid dienone is 10. The number of ether oxygens (including phenoxy) is 1. The molecule has 6 nitrogen and oxygen atoms in total. The molecule has 1 amide bonds. The number of carbonyl (C=O) groups is 2. The molecule has 6 heteroatoms. The van der Waals surface area contributed by atoms with Crippen molar-refractivity contribution in [3.05, 3.63) is 60.8 Å². The van der Waals surface area contributed by atoms with E-state index in [4.69, 9.17) is 4.74 Å². The molecule has 0 aliphatic carbocycles. The Morgan fingerprint density at radius 2 is 1.12 bits per heavy atom. The van der Waals surface area contributed by atoms with E-state index in [0.717, 1.165) is 103 Å². The molecule has 0 aromatic heterocycles. The molecule has 0 aliphatic rings. The molecule has 0 spiro atoms. The van der Waals surface area contributed by atoms with Gasteiger partial charge >= 0.3 is 5.97 Å². The van der Waals surface area contributed by atoms with Crippen LogP contribution in [0.25, 0.3) is 0 Å². The third-order valence-electron chi connectivity index (χ3n) is 9.16. The number of rotatable bonds is 36. The smallest absolute Gasteiger partial charge is 0.306 e. The number of unbranched alkanes of at least 4 members (excludes halogenated alkanes) is 17. The fourth-order valence-electron chi connectivity index (χ4n) is 5.97. The second-order valence-electron chi connectivity index (χ2n) is 14.1. The predicted octanol–water partition coefficient (Wildman–Crippen LogP) is 11.7. The summed E-state index contributed by atoms with van der Waals surface area (Å²) in [6, 6.07) is -0.708. The number of hydrogen-bond donors (Lipinski definition) is 3. The maximum absolute atomic E-state index is 13.0. The van der Waals surface area contributed by atoms with Gasteiger partial charge in [0.15, 0.2) is 0 Å². The molecule has 0 heterocycles. The molecular formula is C45H79NO5. The summed E-state index contributed by atoms with van der Waals surface area (Å²) in [6.45, 7) is 6.21. The van der Waals surface area contributed by atoms with Crippen LogP contribution >= 0.6 is 0 Å². The molecule has 0 fully saturated rings. The van der Waals surface area contributed by atoms with E-state index in [-0.39, 0.29) is 24.9 Å². The van der Waals surface area contributed by atoms with Crippen molar-refractivity contribution in [3.63, 3.8) is 0 Å². The summed E-state index contributed by atoms with van der Waals surface area (Å²) >= 11 is 0. The van der Waals surface area contributed by atoms with Crippen LogP contribution in [0.5, 0.6) is 0 Å². The van der Waals surface area contributed by atoms with Crippen LogP contribution in [0.2, 0.25) is 0 Å². The Labute approximate surface area is 314 Å². The van der Waals surface area contributed by atoms with Crippen molar-refractivity contribution in [2.45, 2.75) is 206 Å². The summed E-state index contributed by atoms with van der Waals surface area (Å²) in [5.41, 5.74) is 0. The Bertz CT molecular complexity index is 937. The number of carbonyl (C=O) groups excluding carboxylic acids is 2. The quantitative estimate of drug-likeness (QED) is 0.0260. The zero-order valence-corrected chi connectivity index (χ0v) is 33.2. The molecule has 0 bridgehead atoms. The van der Waals surface area contributed by atoms with E-state index in [0.29, 0.717) is 19.3 Å². The normalized spacial score (nSPS) is 14.1. The molecule has 3 unspecified atom stereocenters. The van der Waals surface area contributed by atoms with E-state index in [1.807, 2.05) is 18.2 Å². The highest BCUT2D eigenvalue weighted by Gasteiger charge is 2.24. The molecule has 0 saturated carbocycles. The standard InChI is InChI=1S/C45H79NO5/c1-4-7-10-13-16-19-20-21-22-23-24-26-29-32-35-38-45(50)51-41(36-33-30-27-18-15-12-9-6-3)39-44(49)46-42(40-47)43(48)37-34-31-28-25-17-14-11-8-5-2/h7,10,12-13,15-16,19-22,41-43,47-48H,4-6,8-9,11,14,17-18,23-40H2,1-3H3,(H,46,49)/b10-7+,15-12-,16-13+,20-19+,22-21-. The van der Waals surface area contributed by atoms with Gasteiger partial charge in [0.25, 0.3) is 0 Å². The molecule has 0 aliphatic heterocycles. The van der Waals surface area contributed by atoms with Crippen molar-refractivity contribution in [2.75, 3.05) is 6.61 Å². The highest BCUT2D eigenvalue weighted by Crippen LogP contribution is 2.16. The fourth-order valence-corrected chi connectivity index (χ4v) is 5.97. The number of nitrogens with one attached hydrogen (secondary N) is 1. The monoisotopic (exact) mass is 714 g/mol. The van der Waals surface area contributed by atoms with Crippen molar-refractivity contribution >= 4 is 11.9 Å². The van der Waals surface area contributed by atoms with E-state index in [9.17, 15) is 19.8 Å². The third-order valence-corrected chi connectivity index (χ3v) is 9.16. The Kier molecular flexibility index (Phi) is 36.9. The van der Waals surface area contributed by atoms with Crippen LogP contribution in [0.3, 0.4) is 0 Å². The summed E-state index contributed by atoms with van der Waals surface area (Å²) in [6.07, 6.45) is 45.7. The first-order valence-corrected chi connectivity index (χ1v) is 21.1. The lowest BCUT2D eigenvalue weighted by atomic mass is 10.0. The van der Waals surface area contributed by atoms with Gasteiger partial charge in [0.05, 0.1) is 25.2 Å². The predicted molar refractivity (Wildman–Crippen MR) is 218 cm³/mol. The van der Waals surface area contributed by atoms with Gasteiger partial charge in [-0.1, -0.05) is 171 Å². The maximum atomic E-state index is 13.0. The molecular weight excluding hydrogens is 634 g/mol. The summed E-state index contributed by atoms with van der Waals surface area (Å²) < 4.78 is 5.85. The molecule has 294 valence electrons. The lowest BCUT2D eigenvalue weighted by molar-refractivity contribution is -0.151. The van der Waals surface area contributed by atoms with E-state index >= 15 is 0 Å². The molecule has 0 aromatic rings. The van der Waals surface area contributed by atoms with Gasteiger partial charge in [-0.3, -0.25) is 9.59 Å². The lowest BCUT2D eigenvalue weighted by Gasteiger charge is -2.24. The van der Waals surface area contributed by atoms with Gasteiger partial charge in [-0.15, -0.1) is 0 Å². The number of esters is 1. The van der Waals surface area contributed by atoms with Gasteiger partial charge in [-0.2, -0.15) is 0 Å². The zero-order chi connectivity index (χ0) is 37.5. The first-order valence-electron chi connectivity index (χ1n) is 21.1. The van der Waals surface area contributed by atoms with Crippen LogP contribution in [0, 0.1) is 0 Å². The third kappa shape index (κ3) is 34.4. The first kappa shape index (κ1) is 48.6. The van der Waals surface area contributed by atoms with E-state index in [1.165, 1.54) is 38.5 Å². The van der Waals surface area contributed by atoms with E-state index in [1.54, 1.807) is 0 Å². The van der Waals surface area contributed by atoms with Crippen molar-refractivity contribution in [1.82, 2.24) is 5.32 Å². The topological polar surface area (TPSA) is 95.9 Å². The van der Waals surface area contributed by atoms with Gasteiger partial charge < -0.3 is 20.3 Å². The second-order valence-corrected chi connectivity index (χ2v) is 14.1. The van der Waals surface area contributed by atoms with Crippen molar-refractivity contribution < 1.29 is 24.5 Å². The molecule has 0 aromatic carbocycles. The van der Waals surface area contributed by atoms with Crippen molar-refractivity contribution in [2.24, 2.45) is 0 Å². The highest BCUT2D eigenvalue weighted by molar-refractivity contribution is 5.77. The summed E-state index contributed by atoms with van der Waals surface area (Å²) in [5, 5.41) is 23.5. The molecule has 3 N–H and O–H groups in total. The first-order chi connectivity index (χ1) is 25.0. The zero-order valence-electron chi connectivity index (χ0n) is 33.2. The Hall–Kier alpha value is -2.44. The molecule has 0 rings (SSSR count). The summed E-state index contributed by atoms with van der Waals surface area (Å²) in [4.78, 5) is 25.8. The maximum Gasteiger partial charge on any atom is 0.306 e. The van der Waals surface area contributed by atoms with Gasteiger partial charge in [0.1, 0.15) is 6.10 Å². The Morgan fingerprint density at radius 3 is 1.76 bits per heavy atom. The van der Waals surface area contributed by atoms with Crippen LogP contribution in [-0.4, -0.2) is 46.9 Å². The lowest BCUT2D eigenvalue weighted by Crippen LogP contribution is -2.46. The molecule has 3 atom stereocenters. The molecule has 0 saturated heterocycles. The van der Waals surface area contributed by atoms with E-state index < -0.39 is 18.2 Å². The van der Waals surface area contributed by atoms with Crippen molar-refractivity contribution in [3.8, 4) is 0 Å². The minimum absolute atomic E-state index is 0.0539. The van der Waals surface area contributed by atoms with Gasteiger partial charge in [0.2, 0.25) is 5.91 Å². The fraction of sp³-hybridized carbons (Fsp3) is 0.733. The van der Waals surface area contributed by atoms with Crippen LogP contribution in [0.4, 0.5) is 0 Å². The van der Waals surface area contributed by atoms with Crippen LogP contribution in [0.1, 0.15) is 188 Å². The SMILES string of the molecule is CC/C=C/C=C/C=C/C=C\CCCCCCCC(=O)OC(CCCCC/C=C\CCC)CC(=O)NC(CO)C(O)CCCCCCCCCCC. The Morgan fingerprint density at radius 1 is 0.588 bits per heavy atom. The average molecular weight is 714 g/mol. The molecule has 51 heavy (non-hydrogen) atoms. The van der Waals surface area contributed by atoms with Crippen molar-refractivity contribution in [1.29, 1.82) is 0 Å². The number of hydrogen-bond acceptors (Lipinski definition) is 5. The van der Waals surface area contributed by atoms with Gasteiger partial charge in [-0.05, 0) is 64.2 Å². The summed E-state index contributed by atoms with van der Waals surface area (Å²) in [5.74, 6) is -0.529. The van der Waals surface area contributed by atoms with Crippen LogP contribution in [-0.2, 0) is 14.3 Å². The van der Waals surface area contributed by atoms with Gasteiger partial charge in [-0.25, -0.2) is 0 Å². The van der Waals surface area contributed by atoms with Gasteiger partial charge in [0, 0.05) is 6.42 Å². The summed E-state index contributed by atoms with van der Waals surface area (Å²) in [7, 11) is 0. The number of aliphatic hydroxyl groups excluding tert-OH is 2. The second kappa shape index (κ2) is 38.8. The average Bonchev–Trinajstić information content (AvgIpc) is 3.12.